The van der Waals surface area contributed by atoms with Crippen LogP contribution in [0.25, 0.3) is 17.0 Å². The second kappa shape index (κ2) is 10.3. The maximum atomic E-state index is 13.6. The van der Waals surface area contributed by atoms with E-state index in [0.29, 0.717) is 58.8 Å². The first-order valence-electron chi connectivity index (χ1n) is 11.7. The van der Waals surface area contributed by atoms with E-state index in [0.717, 1.165) is 6.07 Å². The highest BCUT2D eigenvalue weighted by Gasteiger charge is 2.38. The number of thioether (sulfide) groups is 1. The average Bonchev–Trinajstić information content (AvgIpc) is 3.45. The Morgan fingerprint density at radius 3 is 2.62 bits per heavy atom. The molecule has 3 aromatic rings. The minimum absolute atomic E-state index is 0.116. The number of carbonyl (C=O) groups is 1. The van der Waals surface area contributed by atoms with Gasteiger partial charge in [-0.05, 0) is 53.2 Å². The van der Waals surface area contributed by atoms with Gasteiger partial charge in [-0.2, -0.15) is 36.4 Å². The number of amides is 1. The largest absolute Gasteiger partial charge is 0.416 e. The normalized spacial score (nSPS) is 19.8. The Bertz CT molecular complexity index is 1480. The first-order chi connectivity index (χ1) is 18.4. The molecule has 2 aromatic carbocycles. The smallest absolute Gasteiger partial charge is 0.373 e. The lowest BCUT2D eigenvalue weighted by Gasteiger charge is -2.32. The molecular weight excluding hydrogens is 548 g/mol. The summed E-state index contributed by atoms with van der Waals surface area (Å²) in [6, 6.07) is 6.59. The third-order valence-electron chi connectivity index (χ3n) is 6.31. The number of fused-ring (bicyclic) bond motifs is 1. The summed E-state index contributed by atoms with van der Waals surface area (Å²) in [5.74, 6) is -0.386. The van der Waals surface area contributed by atoms with Crippen molar-refractivity contribution < 1.29 is 35.9 Å². The van der Waals surface area contributed by atoms with Gasteiger partial charge in [-0.15, -0.1) is 0 Å². The highest BCUT2D eigenvalue weighted by molar-refractivity contribution is 8.18. The summed E-state index contributed by atoms with van der Waals surface area (Å²) in [6.07, 6.45) is -6.90. The predicted molar refractivity (Wildman–Crippen MR) is 134 cm³/mol. The van der Waals surface area contributed by atoms with Gasteiger partial charge in [0.25, 0.3) is 5.91 Å². The molecule has 1 fully saturated rings. The van der Waals surface area contributed by atoms with Crippen molar-refractivity contribution in [2.45, 2.75) is 25.0 Å². The van der Waals surface area contributed by atoms with Crippen LogP contribution in [0.1, 0.15) is 22.3 Å². The molecule has 7 nitrogen and oxygen atoms in total. The van der Waals surface area contributed by atoms with Crippen molar-refractivity contribution in [1.82, 2.24) is 14.7 Å². The highest BCUT2D eigenvalue weighted by atomic mass is 32.2. The Morgan fingerprint density at radius 2 is 1.90 bits per heavy atom. The van der Waals surface area contributed by atoms with E-state index in [1.165, 1.54) is 22.6 Å². The van der Waals surface area contributed by atoms with Crippen LogP contribution in [0, 0.1) is 0 Å². The molecule has 206 valence electrons. The number of carbonyl (C=O) groups excluding carboxylic acids is 1. The van der Waals surface area contributed by atoms with Crippen molar-refractivity contribution in [2.24, 2.45) is 10.7 Å². The summed E-state index contributed by atoms with van der Waals surface area (Å²) in [6.45, 7) is 1.57. The van der Waals surface area contributed by atoms with Gasteiger partial charge in [-0.1, -0.05) is 12.1 Å². The van der Waals surface area contributed by atoms with Crippen molar-refractivity contribution in [3.63, 3.8) is 0 Å². The van der Waals surface area contributed by atoms with Gasteiger partial charge in [0.05, 0.1) is 47.0 Å². The minimum atomic E-state index is -4.97. The quantitative estimate of drug-likeness (QED) is 0.361. The molecule has 1 atom stereocenters. The fourth-order valence-corrected chi connectivity index (χ4v) is 5.31. The van der Waals surface area contributed by atoms with Crippen molar-refractivity contribution in [3.8, 4) is 0 Å². The summed E-state index contributed by atoms with van der Waals surface area (Å²) in [4.78, 5) is 19.0. The molecule has 0 spiro atoms. The van der Waals surface area contributed by atoms with E-state index in [1.54, 1.807) is 24.3 Å². The van der Waals surface area contributed by atoms with Crippen molar-refractivity contribution >= 4 is 39.8 Å². The third-order valence-corrected chi connectivity index (χ3v) is 7.35. The molecule has 1 saturated heterocycles. The van der Waals surface area contributed by atoms with Crippen LogP contribution in [0.4, 0.5) is 26.3 Å². The Kier molecular flexibility index (Phi) is 7.20. The summed E-state index contributed by atoms with van der Waals surface area (Å²) >= 11 is 1.24. The molecule has 0 radical (unpaired) electrons. The predicted octanol–water partition coefficient (Wildman–Crippen LogP) is 4.75. The number of morpholine rings is 1. The molecule has 3 heterocycles. The number of rotatable bonds is 4. The lowest BCUT2D eigenvalue weighted by atomic mass is 10.0. The molecule has 1 unspecified atom stereocenters. The van der Waals surface area contributed by atoms with Gasteiger partial charge in [-0.3, -0.25) is 9.48 Å². The fraction of sp³-hybridized carbons (Fsp3) is 0.320. The van der Waals surface area contributed by atoms with E-state index in [1.807, 2.05) is 4.90 Å². The maximum absolute atomic E-state index is 13.6. The Morgan fingerprint density at radius 1 is 1.10 bits per heavy atom. The molecule has 14 heteroatoms. The van der Waals surface area contributed by atoms with E-state index < -0.39 is 23.5 Å². The van der Waals surface area contributed by atoms with Gasteiger partial charge < -0.3 is 15.4 Å². The zero-order chi connectivity index (χ0) is 27.9. The molecule has 0 saturated carbocycles. The van der Waals surface area contributed by atoms with Crippen LogP contribution < -0.4 is 5.73 Å². The van der Waals surface area contributed by atoms with Crippen LogP contribution in [-0.4, -0.2) is 58.1 Å². The summed E-state index contributed by atoms with van der Waals surface area (Å²) < 4.78 is 86.5. The van der Waals surface area contributed by atoms with E-state index in [2.05, 4.69) is 10.1 Å². The number of aromatic nitrogens is 2. The van der Waals surface area contributed by atoms with Crippen LogP contribution in [0.5, 0.6) is 0 Å². The van der Waals surface area contributed by atoms with E-state index in [9.17, 15) is 31.1 Å². The maximum Gasteiger partial charge on any atom is 0.416 e. The monoisotopic (exact) mass is 569 g/mol. The van der Waals surface area contributed by atoms with E-state index in [4.69, 9.17) is 10.5 Å². The Balaban J connectivity index is 1.36. The molecule has 0 aliphatic carbocycles. The summed E-state index contributed by atoms with van der Waals surface area (Å²) in [5, 5.41) is 5.30. The lowest BCUT2D eigenvalue weighted by Crippen LogP contribution is -2.47. The number of nitrogens with two attached hydrogens (primary N) is 1. The fourth-order valence-electron chi connectivity index (χ4n) is 4.36. The first-order valence-corrected chi connectivity index (χ1v) is 12.6. The lowest BCUT2D eigenvalue weighted by molar-refractivity contribution is -0.143. The zero-order valence-corrected chi connectivity index (χ0v) is 20.9. The van der Waals surface area contributed by atoms with E-state index in [-0.39, 0.29) is 30.2 Å². The molecule has 1 amide bonds. The Hall–Kier alpha value is -3.36. The number of aliphatic imine (C=N–C) groups is 1. The molecule has 2 aliphatic heterocycles. The second-order valence-corrected chi connectivity index (χ2v) is 9.98. The van der Waals surface area contributed by atoms with Gasteiger partial charge in [0.2, 0.25) is 0 Å². The van der Waals surface area contributed by atoms with Gasteiger partial charge in [-0.25, -0.2) is 0 Å². The average molecular weight is 570 g/mol. The van der Waals surface area contributed by atoms with Crippen LogP contribution >= 0.6 is 11.8 Å². The second-order valence-electron chi connectivity index (χ2n) is 8.97. The molecule has 1 aromatic heterocycles. The van der Waals surface area contributed by atoms with Gasteiger partial charge in [0.1, 0.15) is 0 Å². The van der Waals surface area contributed by atoms with Crippen LogP contribution in [-0.2, 0) is 28.4 Å². The van der Waals surface area contributed by atoms with Crippen LogP contribution in [0.15, 0.2) is 52.5 Å². The summed E-state index contributed by atoms with van der Waals surface area (Å²) in [7, 11) is 0. The third kappa shape index (κ3) is 5.82. The standard InChI is InChI=1S/C25H21F6N5O2S/c26-24(27,28)17-3-2-15(19(9-17)25(29,30)31)12-36-20-4-1-14(7-16(20)11-33-36)8-21-22(37)34-23(39-21)35-5-6-38-18(10-32)13-35/h1-4,7-9,11,18H,5-6,10,12-13,32H2/b21-8-. The minimum Gasteiger partial charge on any atom is -0.373 e. The SMILES string of the molecule is NCC1CN(C2=NC(=O)/C(=C/c3ccc4c(cnn4Cc4ccc(C(F)(F)F)cc4C(F)(F)F)c3)S2)CCO1. The Labute approximate surface area is 222 Å². The zero-order valence-electron chi connectivity index (χ0n) is 20.1. The number of halogens is 6. The van der Waals surface area contributed by atoms with Gasteiger partial charge in [0.15, 0.2) is 5.17 Å². The topological polar surface area (TPSA) is 85.7 Å². The molecule has 39 heavy (non-hydrogen) atoms. The van der Waals surface area contributed by atoms with Crippen LogP contribution in [0.2, 0.25) is 0 Å². The molecule has 2 N–H and O–H groups in total. The summed E-state index contributed by atoms with van der Waals surface area (Å²) in [5.41, 5.74) is 3.73. The number of nitrogens with zero attached hydrogens (tertiary/aromatic N) is 4. The van der Waals surface area contributed by atoms with E-state index >= 15 is 0 Å². The van der Waals surface area contributed by atoms with Crippen molar-refractivity contribution in [2.75, 3.05) is 26.2 Å². The number of hydrogen-bond donors (Lipinski definition) is 1. The molecule has 5 rings (SSSR count). The highest BCUT2D eigenvalue weighted by Crippen LogP contribution is 2.38. The van der Waals surface area contributed by atoms with Gasteiger partial charge in [0, 0.05) is 25.0 Å². The molecular formula is C25H21F6N5O2S. The molecule has 0 bridgehead atoms. The first kappa shape index (κ1) is 27.2. The number of benzene rings is 2. The van der Waals surface area contributed by atoms with Crippen LogP contribution in [0.3, 0.4) is 0 Å². The molecule has 2 aliphatic rings. The van der Waals surface area contributed by atoms with Crippen molar-refractivity contribution in [3.05, 3.63) is 69.8 Å². The number of alkyl halides is 6. The van der Waals surface area contributed by atoms with Crippen molar-refractivity contribution in [1.29, 1.82) is 0 Å². The number of amidine groups is 1. The number of hydrogen-bond acceptors (Lipinski definition) is 6. The van der Waals surface area contributed by atoms with Gasteiger partial charge >= 0.3 is 12.4 Å². The number of ether oxygens (including phenoxy) is 1.